The van der Waals surface area contributed by atoms with Gasteiger partial charge in [0.1, 0.15) is 71.6 Å². The Morgan fingerprint density at radius 3 is 0.988 bits per heavy atom. The van der Waals surface area contributed by atoms with Gasteiger partial charge in [0.2, 0.25) is 12.6 Å². The first-order chi connectivity index (χ1) is 36.9. The molecule has 0 amide bonds. The van der Waals surface area contributed by atoms with Gasteiger partial charge in [0.15, 0.2) is 12.6 Å². The Labute approximate surface area is 469 Å². The third kappa shape index (κ3) is 27.4. The van der Waals surface area contributed by atoms with Crippen molar-refractivity contribution in [1.82, 2.24) is 10.6 Å². The quantitative estimate of drug-likeness (QED) is 0.0637. The van der Waals surface area contributed by atoms with E-state index in [0.29, 0.717) is 37.2 Å². The molecule has 0 bridgehead atoms. The Morgan fingerprint density at radius 1 is 0.531 bits per heavy atom. The minimum absolute atomic E-state index is 0.0727. The van der Waals surface area contributed by atoms with Gasteiger partial charge in [0.05, 0.1) is 50.5 Å². The number of ether oxygens (including phenoxy) is 8. The van der Waals surface area contributed by atoms with Gasteiger partial charge in [-0.3, -0.25) is 36.4 Å². The van der Waals surface area contributed by atoms with E-state index in [4.69, 9.17) is 150 Å². The first-order valence-corrected chi connectivity index (χ1v) is 29.1. The Balaban J connectivity index is 0.000000614. The second kappa shape index (κ2) is 33.7. The van der Waals surface area contributed by atoms with E-state index in [1.54, 1.807) is 40.1 Å². The number of hydrogen-bond acceptors (Lipinski definition) is 31. The van der Waals surface area contributed by atoms with Crippen molar-refractivity contribution in [2.45, 2.75) is 173 Å². The average molecular weight is 1270 g/mol. The zero-order valence-electron chi connectivity index (χ0n) is 44.0. The molecule has 0 aromatic carbocycles. The molecule has 2 saturated carbocycles. The standard InChI is InChI=1S/2C19H37N5O7.3H2O4S.H2O3S/c2*1-19(27)7-28-18(13(26)16(19)24-2)31-15-11(23)5-10(22)14(12(15)25)30-17-9(21)4-3-8(6-20)29-17;3*1-5(2,3)4;1-4(2)3/h2*3,9-18,24-27H,4-7,20-23H2,1-2H3;3*(H2,1,2,3,4);(H2,1,2,3)/t2*9-,10+,11-,12+,13-,14-,15+,16-,17-,18-,19+;;;;/m11..../s1. The van der Waals surface area contributed by atoms with Crippen LogP contribution in [-0.2, 0) is 80.5 Å². The summed E-state index contributed by atoms with van der Waals surface area (Å²) < 4.78 is 164. The van der Waals surface area contributed by atoms with Crippen LogP contribution in [0.3, 0.4) is 0 Å². The van der Waals surface area contributed by atoms with Crippen LogP contribution in [0.25, 0.3) is 0 Å². The lowest BCUT2D eigenvalue weighted by molar-refractivity contribution is -0.303. The fourth-order valence-corrected chi connectivity index (χ4v) is 8.88. The summed E-state index contributed by atoms with van der Waals surface area (Å²) in [7, 11) is -10.8. The van der Waals surface area contributed by atoms with Crippen molar-refractivity contribution < 1.29 is 134 Å². The molecule has 6 rings (SSSR count). The van der Waals surface area contributed by atoms with E-state index >= 15 is 0 Å². The smallest absolute Gasteiger partial charge is 0.394 e. The molecule has 0 aromatic heterocycles. The molecule has 32 N–H and O–H groups in total. The molecule has 0 unspecified atom stereocenters. The molecule has 482 valence electrons. The highest BCUT2D eigenvalue weighted by atomic mass is 32.3. The number of rotatable bonds is 12. The molecule has 39 nitrogen and oxygen atoms in total. The van der Waals surface area contributed by atoms with Gasteiger partial charge in [-0.15, -0.1) is 0 Å². The maximum atomic E-state index is 11.0. The summed E-state index contributed by atoms with van der Waals surface area (Å²) in [5.41, 5.74) is 45.7. The molecule has 2 saturated heterocycles. The number of hydrogen-bond donors (Lipinski definition) is 24. The van der Waals surface area contributed by atoms with Gasteiger partial charge >= 0.3 is 31.2 Å². The summed E-state index contributed by atoms with van der Waals surface area (Å²) in [6, 6.07) is -4.74. The Bertz CT molecular complexity index is 2120. The second-order valence-electron chi connectivity index (χ2n) is 19.2. The molecule has 0 aromatic rings. The van der Waals surface area contributed by atoms with Gasteiger partial charge in [0.25, 0.3) is 11.4 Å². The molecule has 22 atom stereocenters. The third-order valence-corrected chi connectivity index (χ3v) is 12.4. The van der Waals surface area contributed by atoms with Crippen LogP contribution in [0.4, 0.5) is 0 Å². The maximum Gasteiger partial charge on any atom is 0.394 e. The topological polar surface area (TPSA) is 709 Å². The molecule has 2 aliphatic carbocycles. The minimum atomic E-state index is -4.67. The van der Waals surface area contributed by atoms with Crippen LogP contribution in [0.2, 0.25) is 0 Å². The summed E-state index contributed by atoms with van der Waals surface area (Å²) in [5, 5.41) is 69.8. The Hall–Kier alpha value is -2.12. The minimum Gasteiger partial charge on any atom is -0.467 e. The molecule has 0 spiro atoms. The van der Waals surface area contributed by atoms with Gasteiger partial charge < -0.3 is 125 Å². The first-order valence-electron chi connectivity index (χ1n) is 23.8. The summed E-state index contributed by atoms with van der Waals surface area (Å²) in [4.78, 5) is 0. The highest BCUT2D eigenvalue weighted by Crippen LogP contribution is 2.33. The molecule has 43 heteroatoms. The van der Waals surface area contributed by atoms with Crippen LogP contribution in [0.1, 0.15) is 39.5 Å². The predicted octanol–water partition coefficient (Wildman–Crippen LogP) is -9.98. The van der Waals surface area contributed by atoms with Gasteiger partial charge in [0, 0.05) is 24.2 Å². The lowest BCUT2D eigenvalue weighted by atomic mass is 9.84. The van der Waals surface area contributed by atoms with Crippen molar-refractivity contribution in [3.8, 4) is 0 Å². The van der Waals surface area contributed by atoms with E-state index in [1.165, 1.54) is 0 Å². The molecule has 4 heterocycles. The first kappa shape index (κ1) is 76.9. The molecule has 4 fully saturated rings. The summed E-state index contributed by atoms with van der Waals surface area (Å²) in [5.74, 6) is 1.11. The molecule has 6 aliphatic rings. The number of aliphatic hydroxyl groups excluding tert-OH is 4. The average Bonchev–Trinajstić information content (AvgIpc) is 3.33. The lowest BCUT2D eigenvalue weighted by Gasteiger charge is -2.48. The number of aliphatic hydroxyl groups is 6. The summed E-state index contributed by atoms with van der Waals surface area (Å²) >= 11 is -2.61. The predicted molar refractivity (Wildman–Crippen MR) is 276 cm³/mol. The van der Waals surface area contributed by atoms with E-state index in [1.807, 2.05) is 0 Å². The van der Waals surface area contributed by atoms with E-state index in [9.17, 15) is 30.6 Å². The van der Waals surface area contributed by atoms with Gasteiger partial charge in [-0.2, -0.15) is 29.5 Å². The van der Waals surface area contributed by atoms with Crippen molar-refractivity contribution in [3.05, 3.63) is 23.7 Å². The Morgan fingerprint density at radius 2 is 0.765 bits per heavy atom. The second-order valence-corrected chi connectivity index (χ2v) is 22.3. The highest BCUT2D eigenvalue weighted by Gasteiger charge is 2.53. The highest BCUT2D eigenvalue weighted by molar-refractivity contribution is 7.80. The van der Waals surface area contributed by atoms with Gasteiger partial charge in [-0.1, -0.05) is 0 Å². The SMILES string of the molecule is CN[C@@H]1[C@@H](O)[C@@H](O[C@@H]2[C@@H](O)[C@H](O[C@H]3OC(CN)=CC[C@H]3N)[C@@H](N)C[C@H]2N)OC[C@]1(C)O.CN[C@@H]1[C@@H](O)[C@@H](O[C@@H]2[C@@H](O)[C@H](O[C@H]3OC(CN)=CC[C@H]3N)[C@@H](N)C[C@H]2N)OC[C@]1(C)O.O=S(=O)(O)O.O=S(=O)(O)O.O=S(=O)(O)O.O=S(O)O. The normalized spacial score (nSPS) is 39.9. The maximum absolute atomic E-state index is 11.0. The monoisotopic (exact) mass is 1270 g/mol. The van der Waals surface area contributed by atoms with E-state index in [-0.39, 0.29) is 26.3 Å². The molecule has 0 radical (unpaired) electrons. The van der Waals surface area contributed by atoms with Crippen molar-refractivity contribution in [2.75, 3.05) is 40.4 Å². The van der Waals surface area contributed by atoms with Gasteiger partial charge in [-0.05, 0) is 65.8 Å². The number of nitrogens with one attached hydrogen (secondary N) is 2. The zero-order chi connectivity index (χ0) is 62.9. The van der Waals surface area contributed by atoms with E-state index in [0.717, 1.165) is 0 Å². The largest absolute Gasteiger partial charge is 0.467 e. The van der Waals surface area contributed by atoms with Crippen LogP contribution >= 0.6 is 0 Å². The fraction of sp³-hybridized carbons (Fsp3) is 0.895. The van der Waals surface area contributed by atoms with Crippen molar-refractivity contribution in [3.63, 3.8) is 0 Å². The molecular weight excluding hydrogens is 1190 g/mol. The van der Waals surface area contributed by atoms with Crippen LogP contribution in [0.15, 0.2) is 23.7 Å². The summed E-state index contributed by atoms with van der Waals surface area (Å²) in [6.07, 6.45) is -7.13. The number of likely N-dealkylation sites (N-methyl/N-ethyl adjacent to an activating group) is 2. The zero-order valence-corrected chi connectivity index (χ0v) is 47.3. The van der Waals surface area contributed by atoms with E-state index < -0.39 is 176 Å². The van der Waals surface area contributed by atoms with Crippen molar-refractivity contribution in [2.24, 2.45) is 45.9 Å². The van der Waals surface area contributed by atoms with Crippen LogP contribution in [0, 0.1) is 0 Å². The lowest BCUT2D eigenvalue weighted by Crippen LogP contribution is -2.68. The molecular formula is C38H82N10O29S4. The van der Waals surface area contributed by atoms with Crippen molar-refractivity contribution >= 4 is 42.6 Å². The third-order valence-electron chi connectivity index (χ3n) is 12.4. The fourth-order valence-electron chi connectivity index (χ4n) is 8.88. The van der Waals surface area contributed by atoms with Crippen molar-refractivity contribution in [1.29, 1.82) is 0 Å². The van der Waals surface area contributed by atoms with Crippen LogP contribution < -0.4 is 56.5 Å². The van der Waals surface area contributed by atoms with Crippen LogP contribution in [-0.4, -0.2) is 270 Å². The Kier molecular flexibility index (Phi) is 32.0. The van der Waals surface area contributed by atoms with Gasteiger partial charge in [-0.25, -0.2) is 0 Å². The van der Waals surface area contributed by atoms with E-state index in [2.05, 4.69) is 10.6 Å². The van der Waals surface area contributed by atoms with Crippen LogP contribution in [0.5, 0.6) is 0 Å². The molecule has 4 aliphatic heterocycles. The number of nitrogens with two attached hydrogens (primary N) is 8. The molecule has 81 heavy (non-hydrogen) atoms. The summed E-state index contributed by atoms with van der Waals surface area (Å²) in [6.45, 7) is 3.36.